The first-order chi connectivity index (χ1) is 10.9. The Morgan fingerprint density at radius 2 is 1.83 bits per heavy atom. The first-order valence-corrected chi connectivity index (χ1v) is 7.45. The van der Waals surface area contributed by atoms with E-state index in [1.54, 1.807) is 6.92 Å². The van der Waals surface area contributed by atoms with Gasteiger partial charge in [-0.1, -0.05) is 37.3 Å². The van der Waals surface area contributed by atoms with E-state index in [9.17, 15) is 4.79 Å². The zero-order valence-corrected chi connectivity index (χ0v) is 14.0. The van der Waals surface area contributed by atoms with Crippen molar-refractivity contribution in [1.82, 2.24) is 0 Å². The van der Waals surface area contributed by atoms with Gasteiger partial charge in [-0.25, -0.2) is 4.99 Å². The number of benzene rings is 1. The van der Waals surface area contributed by atoms with Gasteiger partial charge < -0.3 is 9.47 Å². The Morgan fingerprint density at radius 3 is 2.39 bits per heavy atom. The molecule has 0 aliphatic heterocycles. The zero-order valence-electron chi connectivity index (χ0n) is 14.0. The van der Waals surface area contributed by atoms with Crippen molar-refractivity contribution >= 4 is 5.97 Å². The van der Waals surface area contributed by atoms with E-state index in [-0.39, 0.29) is 19.2 Å². The van der Waals surface area contributed by atoms with Gasteiger partial charge in [0.1, 0.15) is 6.61 Å². The number of hydrogen-bond donors (Lipinski definition) is 1. The Labute approximate surface area is 136 Å². The molecule has 1 aromatic carbocycles. The first-order valence-electron chi connectivity index (χ1n) is 7.45. The summed E-state index contributed by atoms with van der Waals surface area (Å²) in [7, 11) is 0. The van der Waals surface area contributed by atoms with Crippen molar-refractivity contribution in [2.45, 2.75) is 39.8 Å². The van der Waals surface area contributed by atoms with Crippen LogP contribution in [0.5, 0.6) is 0 Å². The molecule has 1 N–H and O–H groups in total. The molecule has 0 amide bonds. The van der Waals surface area contributed by atoms with Crippen molar-refractivity contribution in [2.24, 2.45) is 15.8 Å². The fourth-order valence-corrected chi connectivity index (χ4v) is 1.73. The van der Waals surface area contributed by atoms with Crippen LogP contribution in [0.4, 0.5) is 0 Å². The third-order valence-corrected chi connectivity index (χ3v) is 3.71. The van der Waals surface area contributed by atoms with Gasteiger partial charge in [0.05, 0.1) is 17.3 Å². The minimum atomic E-state index is -1.16. The number of ether oxygens (including phenoxy) is 2. The molecule has 0 aliphatic carbocycles. The highest BCUT2D eigenvalue weighted by Gasteiger charge is 2.29. The minimum absolute atomic E-state index is 0.0974. The average molecular weight is 324 g/mol. The topological polar surface area (TPSA) is 89.7 Å². The maximum absolute atomic E-state index is 11.9. The molecule has 0 radical (unpaired) electrons. The molecule has 0 aliphatic rings. The summed E-state index contributed by atoms with van der Waals surface area (Å²) in [5, 5.41) is 15.3. The van der Waals surface area contributed by atoms with Crippen LogP contribution in [-0.2, 0) is 25.0 Å². The molecular formula is C16H24N2O5. The summed E-state index contributed by atoms with van der Waals surface area (Å²) in [5.41, 5.74) is -0.954. The summed E-state index contributed by atoms with van der Waals surface area (Å²) < 4.78 is 10.9. The number of hydrogen-bond acceptors (Lipinski definition) is 7. The van der Waals surface area contributed by atoms with Gasteiger partial charge in [0.15, 0.2) is 0 Å². The van der Waals surface area contributed by atoms with Gasteiger partial charge in [-0.2, -0.15) is 5.26 Å². The van der Waals surface area contributed by atoms with E-state index in [4.69, 9.17) is 14.7 Å². The lowest BCUT2D eigenvalue weighted by atomic mass is 9.91. The predicted molar refractivity (Wildman–Crippen MR) is 83.3 cm³/mol. The van der Waals surface area contributed by atoms with Gasteiger partial charge >= 0.3 is 5.97 Å². The largest absolute Gasteiger partial charge is 0.463 e. The van der Waals surface area contributed by atoms with Gasteiger partial charge in [-0.05, 0) is 27.2 Å². The number of carbonyl (C=O) groups is 1. The molecule has 0 bridgehead atoms. The van der Waals surface area contributed by atoms with Crippen LogP contribution in [0, 0.1) is 5.41 Å². The molecule has 1 rings (SSSR count). The number of carbonyl (C=O) groups excluding carboxylic acids is 1. The van der Waals surface area contributed by atoms with Crippen LogP contribution in [0.15, 0.2) is 40.7 Å². The van der Waals surface area contributed by atoms with Crippen molar-refractivity contribution in [3.05, 3.63) is 35.9 Å². The van der Waals surface area contributed by atoms with Crippen molar-refractivity contribution in [1.29, 1.82) is 0 Å². The average Bonchev–Trinajstić information content (AvgIpc) is 2.57. The summed E-state index contributed by atoms with van der Waals surface area (Å²) in [6.07, 6.45) is 0.691. The second kappa shape index (κ2) is 8.59. The molecule has 23 heavy (non-hydrogen) atoms. The van der Waals surface area contributed by atoms with Crippen LogP contribution < -0.4 is 0 Å². The Bertz CT molecular complexity index is 518. The van der Waals surface area contributed by atoms with Gasteiger partial charge in [-0.3, -0.25) is 4.79 Å². The van der Waals surface area contributed by atoms with Crippen LogP contribution in [-0.4, -0.2) is 24.4 Å². The molecule has 0 saturated carbocycles. The highest BCUT2D eigenvalue weighted by Crippen LogP contribution is 2.27. The van der Waals surface area contributed by atoms with E-state index >= 15 is 0 Å². The molecular weight excluding hydrogens is 300 g/mol. The number of esters is 1. The third kappa shape index (κ3) is 5.61. The Kier molecular flexibility index (Phi) is 7.12. The standard InChI is InChI=1S/C16H24N2O5/c1-5-15(2,3)14(19)21-11-12-22-16(4,17-18-23-20)13-9-7-6-8-10-13/h6-10,20H,5,11-12H2,1-4H3/b18-17+. The predicted octanol–water partition coefficient (Wildman–Crippen LogP) is 3.71. The van der Waals surface area contributed by atoms with Gasteiger partial charge in [0, 0.05) is 5.56 Å². The molecule has 0 aromatic heterocycles. The Balaban J connectivity index is 2.63. The lowest BCUT2D eigenvalue weighted by Crippen LogP contribution is -2.29. The minimum Gasteiger partial charge on any atom is -0.463 e. The molecule has 7 heteroatoms. The monoisotopic (exact) mass is 324 g/mol. The van der Waals surface area contributed by atoms with Crippen LogP contribution >= 0.6 is 0 Å². The molecule has 1 aromatic rings. The van der Waals surface area contributed by atoms with E-state index in [0.29, 0.717) is 6.42 Å². The van der Waals surface area contributed by atoms with E-state index in [0.717, 1.165) is 5.56 Å². The van der Waals surface area contributed by atoms with Gasteiger partial charge in [0.2, 0.25) is 5.72 Å². The Hall–Kier alpha value is -1.99. The summed E-state index contributed by atoms with van der Waals surface area (Å²) in [6.45, 7) is 7.48. The normalized spacial score (nSPS) is 14.5. The van der Waals surface area contributed by atoms with E-state index in [2.05, 4.69) is 15.4 Å². The van der Waals surface area contributed by atoms with Crippen molar-refractivity contribution in [2.75, 3.05) is 13.2 Å². The highest BCUT2D eigenvalue weighted by atomic mass is 17.2. The fourth-order valence-electron chi connectivity index (χ4n) is 1.73. The summed E-state index contributed by atoms with van der Waals surface area (Å²) in [5.74, 6) is -0.273. The molecule has 0 saturated heterocycles. The molecule has 0 heterocycles. The van der Waals surface area contributed by atoms with Crippen LogP contribution in [0.2, 0.25) is 0 Å². The number of nitrogens with zero attached hydrogens (tertiary/aromatic N) is 2. The molecule has 0 spiro atoms. The second-order valence-corrected chi connectivity index (χ2v) is 5.83. The van der Waals surface area contributed by atoms with E-state index < -0.39 is 11.1 Å². The summed E-state index contributed by atoms with van der Waals surface area (Å²) in [4.78, 5) is 15.5. The maximum Gasteiger partial charge on any atom is 0.311 e. The zero-order chi connectivity index (χ0) is 17.3. The van der Waals surface area contributed by atoms with Crippen LogP contribution in [0.25, 0.3) is 0 Å². The van der Waals surface area contributed by atoms with E-state index in [1.807, 2.05) is 51.1 Å². The van der Waals surface area contributed by atoms with Crippen molar-refractivity contribution < 1.29 is 24.5 Å². The lowest BCUT2D eigenvalue weighted by Gasteiger charge is -2.25. The smallest absolute Gasteiger partial charge is 0.311 e. The van der Waals surface area contributed by atoms with Crippen molar-refractivity contribution in [3.63, 3.8) is 0 Å². The first kappa shape index (κ1) is 19.1. The Morgan fingerprint density at radius 1 is 1.17 bits per heavy atom. The highest BCUT2D eigenvalue weighted by molar-refractivity contribution is 5.75. The molecule has 0 fully saturated rings. The molecule has 128 valence electrons. The molecule has 7 nitrogen and oxygen atoms in total. The number of rotatable bonds is 9. The second-order valence-electron chi connectivity index (χ2n) is 5.83. The lowest BCUT2D eigenvalue weighted by molar-refractivity contribution is -0.256. The van der Waals surface area contributed by atoms with Crippen LogP contribution in [0.1, 0.15) is 39.7 Å². The van der Waals surface area contributed by atoms with Gasteiger partial charge in [0.25, 0.3) is 0 Å². The SMILES string of the molecule is CCC(C)(C)C(=O)OCCOC(C)(/N=N/OO)c1ccccc1. The molecule has 1 unspecified atom stereocenters. The van der Waals surface area contributed by atoms with Gasteiger partial charge in [-0.15, -0.1) is 5.11 Å². The summed E-state index contributed by atoms with van der Waals surface area (Å²) in [6, 6.07) is 9.13. The summed E-state index contributed by atoms with van der Waals surface area (Å²) >= 11 is 0. The fraction of sp³-hybridized carbons (Fsp3) is 0.562. The van der Waals surface area contributed by atoms with Crippen molar-refractivity contribution in [3.8, 4) is 0 Å². The maximum atomic E-state index is 11.9. The third-order valence-electron chi connectivity index (χ3n) is 3.71. The molecule has 1 atom stereocenters. The quantitative estimate of drug-likeness (QED) is 0.246. The van der Waals surface area contributed by atoms with Crippen LogP contribution in [0.3, 0.4) is 0 Å². The van der Waals surface area contributed by atoms with E-state index in [1.165, 1.54) is 0 Å².